The molecule has 0 bridgehead atoms. The topological polar surface area (TPSA) is 76.3 Å². The molecule has 1 amide bonds. The molecule has 1 aromatic heterocycles. The summed E-state index contributed by atoms with van der Waals surface area (Å²) in [6.07, 6.45) is 0. The normalized spacial score (nSPS) is 11.4. The summed E-state index contributed by atoms with van der Waals surface area (Å²) in [4.78, 5) is 29.4. The van der Waals surface area contributed by atoms with E-state index in [0.29, 0.717) is 15.7 Å². The minimum absolute atomic E-state index is 0.0425. The molecule has 94 valence electrons. The van der Waals surface area contributed by atoms with Crippen LogP contribution in [0, 0.1) is 6.92 Å². The molecule has 0 spiro atoms. The second kappa shape index (κ2) is 4.54. The maximum Gasteiger partial charge on any atom is 0.248 e. The average Bonchev–Trinajstić information content (AvgIpc) is 2.56. The van der Waals surface area contributed by atoms with Gasteiger partial charge in [0.15, 0.2) is 10.9 Å². The molecule has 0 aromatic carbocycles. The van der Waals surface area contributed by atoms with Crippen LogP contribution >= 0.6 is 11.3 Å². The van der Waals surface area contributed by atoms with Crippen LogP contribution in [-0.2, 0) is 4.79 Å². The Kier molecular flexibility index (Phi) is 3.68. The minimum atomic E-state index is -0.954. The zero-order valence-electron chi connectivity index (χ0n) is 10.7. The van der Waals surface area contributed by atoms with Crippen LogP contribution in [0.4, 0.5) is 5.13 Å². The lowest BCUT2D eigenvalue weighted by molar-refractivity contribution is -0.122. The first kappa shape index (κ1) is 13.8. The van der Waals surface area contributed by atoms with Crippen molar-refractivity contribution in [3.8, 4) is 0 Å². The molecule has 0 fully saturated rings. The third kappa shape index (κ3) is 2.89. The van der Waals surface area contributed by atoms with Gasteiger partial charge < -0.3 is 5.73 Å². The molecule has 1 aromatic rings. The SMILES string of the molecule is CC(=O)c1sc(N(C)C(=O)C(C)(C)N)nc1C. The Morgan fingerprint density at radius 3 is 2.29 bits per heavy atom. The van der Waals surface area contributed by atoms with Gasteiger partial charge in [-0.2, -0.15) is 0 Å². The number of rotatable bonds is 3. The van der Waals surface area contributed by atoms with Crippen LogP contribution in [0.2, 0.25) is 0 Å². The van der Waals surface area contributed by atoms with Gasteiger partial charge in [0.05, 0.1) is 16.1 Å². The smallest absolute Gasteiger partial charge is 0.248 e. The van der Waals surface area contributed by atoms with Crippen molar-refractivity contribution in [3.63, 3.8) is 0 Å². The number of hydrogen-bond donors (Lipinski definition) is 1. The lowest BCUT2D eigenvalue weighted by Crippen LogP contribution is -2.49. The molecule has 0 aliphatic carbocycles. The average molecular weight is 255 g/mol. The third-order valence-electron chi connectivity index (χ3n) is 2.25. The fraction of sp³-hybridized carbons (Fsp3) is 0.545. The van der Waals surface area contributed by atoms with Crippen LogP contribution in [0.25, 0.3) is 0 Å². The zero-order valence-corrected chi connectivity index (χ0v) is 11.5. The van der Waals surface area contributed by atoms with E-state index in [-0.39, 0.29) is 11.7 Å². The summed E-state index contributed by atoms with van der Waals surface area (Å²) in [5.41, 5.74) is 5.43. The number of likely N-dealkylation sites (N-methyl/N-ethyl adjacent to an activating group) is 1. The number of aryl methyl sites for hydroxylation is 1. The van der Waals surface area contributed by atoms with E-state index in [1.54, 1.807) is 27.8 Å². The molecule has 6 heteroatoms. The highest BCUT2D eigenvalue weighted by Gasteiger charge is 2.28. The van der Waals surface area contributed by atoms with E-state index < -0.39 is 5.54 Å². The molecular weight excluding hydrogens is 238 g/mol. The number of carbonyl (C=O) groups excluding carboxylic acids is 2. The van der Waals surface area contributed by atoms with E-state index in [1.165, 1.54) is 23.2 Å². The van der Waals surface area contributed by atoms with Crippen LogP contribution in [-0.4, -0.2) is 29.3 Å². The molecule has 0 saturated heterocycles. The zero-order chi connectivity index (χ0) is 13.4. The Bertz CT molecular complexity index is 460. The molecule has 0 unspecified atom stereocenters. The van der Waals surface area contributed by atoms with Gasteiger partial charge in [-0.3, -0.25) is 14.5 Å². The number of carbonyl (C=O) groups is 2. The predicted octanol–water partition coefficient (Wildman–Crippen LogP) is 1.35. The molecule has 5 nitrogen and oxygen atoms in total. The van der Waals surface area contributed by atoms with Crippen molar-refractivity contribution >= 4 is 28.2 Å². The third-order valence-corrected chi connectivity index (χ3v) is 3.58. The molecule has 0 aliphatic rings. The Labute approximate surface area is 105 Å². The summed E-state index contributed by atoms with van der Waals surface area (Å²) in [5, 5.41) is 0.497. The van der Waals surface area contributed by atoms with Crippen LogP contribution < -0.4 is 10.6 Å². The van der Waals surface area contributed by atoms with Crippen molar-refractivity contribution in [3.05, 3.63) is 10.6 Å². The van der Waals surface area contributed by atoms with Gasteiger partial charge in [-0.05, 0) is 20.8 Å². The minimum Gasteiger partial charge on any atom is -0.318 e. The monoisotopic (exact) mass is 255 g/mol. The van der Waals surface area contributed by atoms with Gasteiger partial charge in [0.25, 0.3) is 0 Å². The van der Waals surface area contributed by atoms with E-state index in [2.05, 4.69) is 4.98 Å². The Balaban J connectivity index is 3.06. The fourth-order valence-electron chi connectivity index (χ4n) is 1.37. The van der Waals surface area contributed by atoms with E-state index in [1.807, 2.05) is 0 Å². The second-order valence-electron chi connectivity index (χ2n) is 4.55. The summed E-state index contributed by atoms with van der Waals surface area (Å²) in [7, 11) is 1.61. The van der Waals surface area contributed by atoms with E-state index in [4.69, 9.17) is 5.73 Å². The van der Waals surface area contributed by atoms with Crippen molar-refractivity contribution in [2.45, 2.75) is 33.2 Å². The van der Waals surface area contributed by atoms with Crippen LogP contribution in [0.3, 0.4) is 0 Å². The lowest BCUT2D eigenvalue weighted by Gasteiger charge is -2.23. The Hall–Kier alpha value is -1.27. The number of Topliss-reactive ketones (excluding diaryl/α,β-unsaturated/α-hetero) is 1. The number of nitrogens with zero attached hydrogens (tertiary/aromatic N) is 2. The standard InChI is InChI=1S/C11H17N3O2S/c1-6-8(7(2)15)17-10(13-6)14(5)9(16)11(3,4)12/h12H2,1-5H3. The number of ketones is 1. The first-order chi connectivity index (χ1) is 7.64. The largest absolute Gasteiger partial charge is 0.318 e. The molecule has 2 N–H and O–H groups in total. The quantitative estimate of drug-likeness (QED) is 0.827. The highest BCUT2D eigenvalue weighted by molar-refractivity contribution is 7.17. The molecule has 1 rings (SSSR count). The van der Waals surface area contributed by atoms with Crippen LogP contribution in [0.5, 0.6) is 0 Å². The number of anilines is 1. The summed E-state index contributed by atoms with van der Waals surface area (Å²) in [5.74, 6) is -0.277. The Morgan fingerprint density at radius 2 is 1.94 bits per heavy atom. The van der Waals surface area contributed by atoms with Gasteiger partial charge >= 0.3 is 0 Å². The van der Waals surface area contributed by atoms with Gasteiger partial charge in [-0.1, -0.05) is 11.3 Å². The molecule has 0 aliphatic heterocycles. The van der Waals surface area contributed by atoms with E-state index in [0.717, 1.165) is 0 Å². The second-order valence-corrected chi connectivity index (χ2v) is 5.53. The molecule has 0 atom stereocenters. The molecule has 1 heterocycles. The number of amides is 1. The van der Waals surface area contributed by atoms with Crippen molar-refractivity contribution in [1.29, 1.82) is 0 Å². The van der Waals surface area contributed by atoms with Crippen LogP contribution in [0.15, 0.2) is 0 Å². The van der Waals surface area contributed by atoms with Crippen molar-refractivity contribution in [2.75, 3.05) is 11.9 Å². The first-order valence-corrected chi connectivity index (χ1v) is 6.01. The number of hydrogen-bond acceptors (Lipinski definition) is 5. The van der Waals surface area contributed by atoms with Crippen LogP contribution in [0.1, 0.15) is 36.1 Å². The molecule has 17 heavy (non-hydrogen) atoms. The van der Waals surface area contributed by atoms with Gasteiger partial charge in [-0.25, -0.2) is 4.98 Å². The fourth-order valence-corrected chi connectivity index (χ4v) is 2.29. The maximum atomic E-state index is 11.9. The summed E-state index contributed by atoms with van der Waals surface area (Å²) in [6.45, 7) is 6.51. The molecule has 0 radical (unpaired) electrons. The van der Waals surface area contributed by atoms with Gasteiger partial charge in [0.2, 0.25) is 5.91 Å². The van der Waals surface area contributed by atoms with Crippen molar-refractivity contribution < 1.29 is 9.59 Å². The summed E-state index contributed by atoms with van der Waals surface area (Å²) >= 11 is 1.21. The van der Waals surface area contributed by atoms with Gasteiger partial charge in [0.1, 0.15) is 0 Å². The summed E-state index contributed by atoms with van der Waals surface area (Å²) < 4.78 is 0. The van der Waals surface area contributed by atoms with Gasteiger partial charge in [-0.15, -0.1) is 0 Å². The number of nitrogens with two attached hydrogens (primary N) is 1. The van der Waals surface area contributed by atoms with E-state index >= 15 is 0 Å². The Morgan fingerprint density at radius 1 is 1.41 bits per heavy atom. The van der Waals surface area contributed by atoms with Gasteiger partial charge in [0, 0.05) is 14.0 Å². The highest BCUT2D eigenvalue weighted by Crippen LogP contribution is 2.26. The lowest BCUT2D eigenvalue weighted by atomic mass is 10.1. The summed E-state index contributed by atoms with van der Waals surface area (Å²) in [6, 6.07) is 0. The number of aromatic nitrogens is 1. The van der Waals surface area contributed by atoms with Crippen molar-refractivity contribution in [2.24, 2.45) is 5.73 Å². The molecular formula is C11H17N3O2S. The first-order valence-electron chi connectivity index (χ1n) is 5.20. The number of thiazole rings is 1. The maximum absolute atomic E-state index is 11.9. The highest BCUT2D eigenvalue weighted by atomic mass is 32.1. The van der Waals surface area contributed by atoms with Crippen molar-refractivity contribution in [1.82, 2.24) is 4.98 Å². The molecule has 0 saturated carbocycles. The van der Waals surface area contributed by atoms with E-state index in [9.17, 15) is 9.59 Å². The predicted molar refractivity (Wildman–Crippen MR) is 68.5 cm³/mol.